The van der Waals surface area contributed by atoms with E-state index in [1.807, 2.05) is 0 Å². The second kappa shape index (κ2) is 14.1. The van der Waals surface area contributed by atoms with Gasteiger partial charge in [0.15, 0.2) is 5.72 Å². The van der Waals surface area contributed by atoms with Gasteiger partial charge in [-0.15, -0.1) is 0 Å². The molecule has 76 heavy (non-hydrogen) atoms. The number of carbonyl (C=O) groups is 2. The van der Waals surface area contributed by atoms with E-state index >= 15 is 5.11 Å². The molecule has 0 amide bonds. The molecular formula is C62H68N6O8. The summed E-state index contributed by atoms with van der Waals surface area (Å²) < 4.78 is 25.6. The third-order valence-corrected chi connectivity index (χ3v) is 24.8. The van der Waals surface area contributed by atoms with Gasteiger partial charge in [0.2, 0.25) is 0 Å². The summed E-state index contributed by atoms with van der Waals surface area (Å²) in [6.45, 7) is 6.81. The number of piperidine rings is 4. The first-order valence-corrected chi connectivity index (χ1v) is 28.8. The van der Waals surface area contributed by atoms with Gasteiger partial charge in [-0.25, -0.2) is 4.79 Å². The van der Waals surface area contributed by atoms with Crippen molar-refractivity contribution in [1.29, 1.82) is 0 Å². The van der Waals surface area contributed by atoms with E-state index in [2.05, 4.69) is 111 Å². The molecule has 394 valence electrons. The number of anilines is 2. The van der Waals surface area contributed by atoms with Gasteiger partial charge in [0.1, 0.15) is 5.75 Å². The number of aromatic hydroxyl groups is 1. The minimum Gasteiger partial charge on any atom is -0.506 e. The number of aliphatic hydroxyl groups is 1. The Labute approximate surface area is 442 Å². The molecule has 3 aromatic carbocycles. The lowest BCUT2D eigenvalue weighted by Crippen LogP contribution is -2.78. The van der Waals surface area contributed by atoms with Gasteiger partial charge in [-0.3, -0.25) is 19.5 Å². The predicted molar refractivity (Wildman–Crippen MR) is 281 cm³/mol. The van der Waals surface area contributed by atoms with Gasteiger partial charge < -0.3 is 44.4 Å². The van der Waals surface area contributed by atoms with E-state index < -0.39 is 16.6 Å². The number of carbonyl (C=O) groups excluding carboxylic acids is 2. The standard InChI is InChI=1S/C62H68N6O8/c1-5-31-30-65(2)50-46(54(71)74-4)60(50)29-36-33-10-6-8-12-41(33)63-47(36)34(26-39(31)60)32-24-40-48(43(69)25-32)68-52-35(27-44-59-18-23-75-45(59)14-19-66-20-16-61(40,56(59)66)62(44,68)72)51-57(17-22-76-51)28-37(53(70)73-3)49-58(15-21-67(52)55(57)58)38-11-7-9-13-42(38)64-49/h5-13,24-25,34-35,39,44-46,50-52,55-56,63-64,69,72H,14-23,26-30H2,1-4H3/b31-5+/t34-,35-,39?,44+,45-,46?,50?,51-,52+,55?,56?,57?,58?,59?,60?,61?,62+/m0/s1. The molecule has 10 fully saturated rings. The van der Waals surface area contributed by atoms with Crippen molar-refractivity contribution in [3.8, 4) is 5.75 Å². The molecule has 4 N–H and O–H groups in total. The molecule has 4 aromatic rings. The zero-order chi connectivity index (χ0) is 50.9. The summed E-state index contributed by atoms with van der Waals surface area (Å²) >= 11 is 0. The van der Waals surface area contributed by atoms with Crippen molar-refractivity contribution in [2.45, 2.75) is 124 Å². The molecular weight excluding hydrogens is 957 g/mol. The zero-order valence-electron chi connectivity index (χ0n) is 43.9. The Bertz CT molecular complexity index is 3410. The number of nitrogens with zero attached hydrogens (tertiary/aromatic N) is 4. The van der Waals surface area contributed by atoms with Crippen LogP contribution in [0.2, 0.25) is 0 Å². The maximum absolute atomic E-state index is 15.2. The van der Waals surface area contributed by atoms with Crippen LogP contribution in [0.4, 0.5) is 11.4 Å². The molecule has 17 atom stereocenters. The normalized spacial score (nSPS) is 45.6. The van der Waals surface area contributed by atoms with Gasteiger partial charge in [0.25, 0.3) is 0 Å². The molecule has 10 aliphatic heterocycles. The third-order valence-electron chi connectivity index (χ3n) is 24.8. The Morgan fingerprint density at radius 1 is 0.895 bits per heavy atom. The number of fused-ring (bicyclic) bond motifs is 10. The fraction of sp³-hybridized carbons (Fsp3) is 0.581. The van der Waals surface area contributed by atoms with E-state index in [-0.39, 0.29) is 100 Å². The van der Waals surface area contributed by atoms with Crippen molar-refractivity contribution in [2.75, 3.05) is 70.9 Å². The highest BCUT2D eigenvalue weighted by molar-refractivity contribution is 5.93. The number of ether oxygens (including phenoxy) is 4. The van der Waals surface area contributed by atoms with Crippen LogP contribution in [0.25, 0.3) is 10.9 Å². The summed E-state index contributed by atoms with van der Waals surface area (Å²) in [4.78, 5) is 42.7. The Morgan fingerprint density at radius 2 is 1.74 bits per heavy atom. The number of likely N-dealkylation sites (N-methyl/N-ethyl adjacent to an activating group) is 1. The molecule has 4 aliphatic carbocycles. The molecule has 0 radical (unpaired) electrons. The number of aromatic nitrogens is 1. The number of benzene rings is 3. The number of rotatable bonds is 3. The van der Waals surface area contributed by atoms with Gasteiger partial charge in [0, 0.05) is 113 Å². The highest BCUT2D eigenvalue weighted by Crippen LogP contribution is 2.81. The van der Waals surface area contributed by atoms with E-state index in [4.69, 9.17) is 18.9 Å². The van der Waals surface area contributed by atoms with Crippen molar-refractivity contribution < 1.29 is 38.7 Å². The molecule has 1 aromatic heterocycles. The average Bonchev–Trinajstić information content (AvgIpc) is 2.87. The topological polar surface area (TPSA) is 152 Å². The van der Waals surface area contributed by atoms with Crippen molar-refractivity contribution in [1.82, 2.24) is 19.7 Å². The van der Waals surface area contributed by atoms with Crippen LogP contribution in [0.5, 0.6) is 5.75 Å². The maximum atomic E-state index is 15.2. The molecule has 5 spiro atoms. The van der Waals surface area contributed by atoms with Crippen LogP contribution in [0.3, 0.4) is 0 Å². The number of nitrogens with one attached hydrogen (secondary N) is 2. The number of phenolic OH excluding ortho intramolecular Hbond substituents is 1. The molecule has 14 nitrogen and oxygen atoms in total. The van der Waals surface area contributed by atoms with Gasteiger partial charge in [0.05, 0.1) is 60.6 Å². The Kier molecular flexibility index (Phi) is 8.32. The number of allylic oxidation sites excluding steroid dienone is 1. The first-order valence-electron chi connectivity index (χ1n) is 28.8. The summed E-state index contributed by atoms with van der Waals surface area (Å²) in [6.07, 6.45) is 8.98. The van der Waals surface area contributed by atoms with E-state index in [0.29, 0.717) is 19.6 Å². The highest BCUT2D eigenvalue weighted by atomic mass is 16.5. The fourth-order valence-corrected chi connectivity index (χ4v) is 22.9. The van der Waals surface area contributed by atoms with E-state index in [0.717, 1.165) is 117 Å². The van der Waals surface area contributed by atoms with Crippen molar-refractivity contribution in [3.63, 3.8) is 0 Å². The number of esters is 2. The van der Waals surface area contributed by atoms with Crippen LogP contribution in [-0.4, -0.2) is 145 Å². The minimum atomic E-state index is -1.34. The molecule has 14 aliphatic rings. The van der Waals surface area contributed by atoms with Gasteiger partial charge in [-0.2, -0.15) is 0 Å². The lowest BCUT2D eigenvalue weighted by atomic mass is 9.50. The Hall–Kier alpha value is -5.22. The lowest BCUT2D eigenvalue weighted by Gasteiger charge is -2.67. The summed E-state index contributed by atoms with van der Waals surface area (Å²) in [5.41, 5.74) is 8.22. The second-order valence-electron chi connectivity index (χ2n) is 26.3. The zero-order valence-corrected chi connectivity index (χ0v) is 43.9. The van der Waals surface area contributed by atoms with Gasteiger partial charge in [-0.1, -0.05) is 54.1 Å². The number of hydrogen-bond donors (Lipinski definition) is 4. The Morgan fingerprint density at radius 3 is 2.59 bits per heavy atom. The molecule has 10 unspecified atom stereocenters. The van der Waals surface area contributed by atoms with E-state index in [9.17, 15) is 14.7 Å². The lowest BCUT2D eigenvalue weighted by molar-refractivity contribution is -0.196. The first-order chi connectivity index (χ1) is 37.0. The van der Waals surface area contributed by atoms with E-state index in [1.54, 1.807) is 0 Å². The first kappa shape index (κ1) is 44.7. The molecule has 11 heterocycles. The molecule has 2 saturated carbocycles. The van der Waals surface area contributed by atoms with Crippen molar-refractivity contribution in [2.24, 2.45) is 39.9 Å². The summed E-state index contributed by atoms with van der Waals surface area (Å²) in [5, 5.41) is 33.9. The Balaban J connectivity index is 0.869. The summed E-state index contributed by atoms with van der Waals surface area (Å²) in [5.74, 6) is -0.627. The van der Waals surface area contributed by atoms with Crippen molar-refractivity contribution in [3.05, 3.63) is 112 Å². The second-order valence-corrected chi connectivity index (χ2v) is 26.3. The quantitative estimate of drug-likeness (QED) is 0.128. The van der Waals surface area contributed by atoms with E-state index in [1.165, 1.54) is 42.0 Å². The summed E-state index contributed by atoms with van der Waals surface area (Å²) in [7, 11) is 5.23. The average molecular weight is 1030 g/mol. The fourth-order valence-electron chi connectivity index (χ4n) is 22.9. The minimum absolute atomic E-state index is 0.0168. The molecule has 0 bridgehead atoms. The molecule has 18 rings (SSSR count). The van der Waals surface area contributed by atoms with Gasteiger partial charge >= 0.3 is 11.9 Å². The molecule has 14 heteroatoms. The van der Waals surface area contributed by atoms with Crippen LogP contribution >= 0.6 is 0 Å². The van der Waals surface area contributed by atoms with Crippen LogP contribution in [0.1, 0.15) is 92.2 Å². The number of para-hydroxylation sites is 2. The van der Waals surface area contributed by atoms with Crippen LogP contribution in [0.15, 0.2) is 83.6 Å². The van der Waals surface area contributed by atoms with Gasteiger partial charge in [-0.05, 0) is 125 Å². The number of likely N-dealkylation sites (tertiary alicyclic amines) is 1. The smallest absolute Gasteiger partial charge is 0.335 e. The largest absolute Gasteiger partial charge is 0.506 e. The van der Waals surface area contributed by atoms with Crippen molar-refractivity contribution >= 4 is 34.2 Å². The summed E-state index contributed by atoms with van der Waals surface area (Å²) in [6, 6.07) is 21.9. The maximum Gasteiger partial charge on any atom is 0.335 e. The van der Waals surface area contributed by atoms with Crippen LogP contribution in [0, 0.1) is 39.9 Å². The SMILES string of the molecule is C/C=C1\CN(C)C2C(C(=O)OC)C23Cc2c([nH]c4ccccc24)[C@H](c2cc(O)c4c(c2)C25CCN6CC[C@@H]7OCCC7(C62)[C@H]2C[C@@H]6[C@H](N7CCC89C(=C(C(=O)OC)CC%10(CCO[C@@H]6%10)C78)Nc6ccccc69)N4[C@@]25O)CC13. The number of hydrogen-bond acceptors (Lipinski definition) is 13. The highest BCUT2D eigenvalue weighted by Gasteiger charge is 2.89. The number of H-pyrrole nitrogens is 1. The number of methoxy groups -OCH3 is 2. The molecule has 8 saturated heterocycles. The third kappa shape index (κ3) is 4.51. The number of phenols is 1. The van der Waals surface area contributed by atoms with Crippen LogP contribution < -0.4 is 10.2 Å². The monoisotopic (exact) mass is 1020 g/mol. The van der Waals surface area contributed by atoms with Crippen LogP contribution in [-0.2, 0) is 45.8 Å². The number of aromatic amines is 1. The predicted octanol–water partition coefficient (Wildman–Crippen LogP) is 6.65.